The highest BCUT2D eigenvalue weighted by Gasteiger charge is 2.16. The van der Waals surface area contributed by atoms with Crippen LogP contribution in [0.2, 0.25) is 0 Å². The standard InChI is InChI=1S/C24H33NO4/c1-5-6-7-18(3)29-21-13-10-19(16-22(21)28-4)14-15-25-24(27)23(26)20-11-8-17(2)9-12-20/h8-13,16,18,23,26H,5-7,14-15H2,1-4H3,(H,25,27). The lowest BCUT2D eigenvalue weighted by Crippen LogP contribution is -2.31. The highest BCUT2D eigenvalue weighted by Crippen LogP contribution is 2.29. The molecule has 0 radical (unpaired) electrons. The molecular formula is C24H33NO4. The fourth-order valence-corrected chi connectivity index (χ4v) is 3.06. The van der Waals surface area contributed by atoms with E-state index in [1.807, 2.05) is 37.3 Å². The van der Waals surface area contributed by atoms with Gasteiger partial charge >= 0.3 is 0 Å². The summed E-state index contributed by atoms with van der Waals surface area (Å²) in [6, 6.07) is 13.1. The van der Waals surface area contributed by atoms with E-state index in [1.54, 1.807) is 19.2 Å². The van der Waals surface area contributed by atoms with Gasteiger partial charge in [0.25, 0.3) is 5.91 Å². The number of aliphatic hydroxyl groups excluding tert-OH is 1. The molecule has 2 atom stereocenters. The largest absolute Gasteiger partial charge is 0.493 e. The van der Waals surface area contributed by atoms with Crippen LogP contribution in [-0.4, -0.2) is 30.8 Å². The lowest BCUT2D eigenvalue weighted by molar-refractivity contribution is -0.129. The fraction of sp³-hybridized carbons (Fsp3) is 0.458. The van der Waals surface area contributed by atoms with Gasteiger partial charge < -0.3 is 19.9 Å². The van der Waals surface area contributed by atoms with E-state index in [9.17, 15) is 9.90 Å². The maximum Gasteiger partial charge on any atom is 0.253 e. The lowest BCUT2D eigenvalue weighted by atomic mass is 10.1. The van der Waals surface area contributed by atoms with Crippen molar-refractivity contribution in [2.75, 3.05) is 13.7 Å². The number of methoxy groups -OCH3 is 1. The second kappa shape index (κ2) is 11.5. The maximum absolute atomic E-state index is 12.2. The van der Waals surface area contributed by atoms with Gasteiger partial charge in [-0.1, -0.05) is 55.7 Å². The average Bonchev–Trinajstić information content (AvgIpc) is 2.73. The number of carbonyl (C=O) groups excluding carboxylic acids is 1. The molecule has 5 nitrogen and oxygen atoms in total. The van der Waals surface area contributed by atoms with Crippen LogP contribution in [0.3, 0.4) is 0 Å². The van der Waals surface area contributed by atoms with Crippen molar-refractivity contribution >= 4 is 5.91 Å². The Hall–Kier alpha value is -2.53. The van der Waals surface area contributed by atoms with Crippen LogP contribution < -0.4 is 14.8 Å². The van der Waals surface area contributed by atoms with Crippen LogP contribution >= 0.6 is 0 Å². The molecule has 0 heterocycles. The number of aryl methyl sites for hydroxylation is 1. The number of carbonyl (C=O) groups is 1. The number of aliphatic hydroxyl groups is 1. The van der Waals surface area contributed by atoms with Crippen molar-refractivity contribution in [3.8, 4) is 11.5 Å². The van der Waals surface area contributed by atoms with Crippen LogP contribution in [0.4, 0.5) is 0 Å². The molecule has 5 heteroatoms. The molecule has 0 aromatic heterocycles. The Bertz CT molecular complexity index is 773. The Balaban J connectivity index is 1.88. The Kier molecular flexibility index (Phi) is 9.00. The molecule has 0 aliphatic heterocycles. The zero-order chi connectivity index (χ0) is 21.2. The van der Waals surface area contributed by atoms with E-state index in [1.165, 1.54) is 0 Å². The van der Waals surface area contributed by atoms with E-state index >= 15 is 0 Å². The number of hydrogen-bond acceptors (Lipinski definition) is 4. The number of benzene rings is 2. The number of rotatable bonds is 11. The molecule has 29 heavy (non-hydrogen) atoms. The van der Waals surface area contributed by atoms with Crippen molar-refractivity contribution in [2.24, 2.45) is 0 Å². The molecule has 0 spiro atoms. The summed E-state index contributed by atoms with van der Waals surface area (Å²) in [4.78, 5) is 12.2. The van der Waals surface area contributed by atoms with E-state index in [-0.39, 0.29) is 6.10 Å². The molecule has 0 bridgehead atoms. The minimum Gasteiger partial charge on any atom is -0.493 e. The first-order valence-corrected chi connectivity index (χ1v) is 10.3. The lowest BCUT2D eigenvalue weighted by Gasteiger charge is -2.17. The Morgan fingerprint density at radius 3 is 2.52 bits per heavy atom. The number of hydrogen-bond donors (Lipinski definition) is 2. The first-order chi connectivity index (χ1) is 13.9. The average molecular weight is 400 g/mol. The summed E-state index contributed by atoms with van der Waals surface area (Å²) in [5.41, 5.74) is 2.71. The number of unbranched alkanes of at least 4 members (excludes halogenated alkanes) is 1. The molecule has 2 rings (SSSR count). The molecule has 2 aromatic rings. The van der Waals surface area contributed by atoms with Gasteiger partial charge in [-0.05, 0) is 49.9 Å². The molecule has 0 saturated carbocycles. The van der Waals surface area contributed by atoms with Crippen LogP contribution in [0.15, 0.2) is 42.5 Å². The number of nitrogens with one attached hydrogen (secondary N) is 1. The van der Waals surface area contributed by atoms with Gasteiger partial charge in [-0.15, -0.1) is 0 Å². The van der Waals surface area contributed by atoms with Crippen LogP contribution in [0.1, 0.15) is 55.9 Å². The number of amides is 1. The van der Waals surface area contributed by atoms with E-state index in [2.05, 4.69) is 19.2 Å². The Morgan fingerprint density at radius 2 is 1.86 bits per heavy atom. The van der Waals surface area contributed by atoms with Crippen LogP contribution in [0.5, 0.6) is 11.5 Å². The predicted molar refractivity (Wildman–Crippen MR) is 115 cm³/mol. The minimum absolute atomic E-state index is 0.136. The van der Waals surface area contributed by atoms with Gasteiger partial charge in [0, 0.05) is 6.54 Å². The van der Waals surface area contributed by atoms with Crippen molar-refractivity contribution in [3.05, 3.63) is 59.2 Å². The summed E-state index contributed by atoms with van der Waals surface area (Å²) in [5, 5.41) is 13.0. The van der Waals surface area contributed by atoms with Crippen LogP contribution in [0, 0.1) is 6.92 Å². The Labute approximate surface area is 174 Å². The maximum atomic E-state index is 12.2. The minimum atomic E-state index is -1.16. The van der Waals surface area contributed by atoms with Crippen LogP contribution in [0.25, 0.3) is 0 Å². The summed E-state index contributed by atoms with van der Waals surface area (Å²) in [6.07, 6.45) is 2.90. The normalized spacial score (nSPS) is 12.9. The molecule has 2 N–H and O–H groups in total. The quantitative estimate of drug-likeness (QED) is 0.589. The molecule has 158 valence electrons. The van der Waals surface area contributed by atoms with Crippen molar-refractivity contribution < 1.29 is 19.4 Å². The topological polar surface area (TPSA) is 67.8 Å². The molecule has 0 aliphatic carbocycles. The summed E-state index contributed by atoms with van der Waals surface area (Å²) >= 11 is 0. The van der Waals surface area contributed by atoms with Gasteiger partial charge in [0.2, 0.25) is 0 Å². The third-order valence-electron chi connectivity index (χ3n) is 4.87. The van der Waals surface area contributed by atoms with Crippen molar-refractivity contribution in [1.82, 2.24) is 5.32 Å². The summed E-state index contributed by atoms with van der Waals surface area (Å²) in [5.74, 6) is 1.03. The highest BCUT2D eigenvalue weighted by molar-refractivity contribution is 5.81. The smallest absolute Gasteiger partial charge is 0.253 e. The van der Waals surface area contributed by atoms with Gasteiger partial charge in [-0.3, -0.25) is 4.79 Å². The Morgan fingerprint density at radius 1 is 1.14 bits per heavy atom. The second-order valence-corrected chi connectivity index (χ2v) is 7.41. The first-order valence-electron chi connectivity index (χ1n) is 10.3. The van der Waals surface area contributed by atoms with E-state index in [4.69, 9.17) is 9.47 Å². The van der Waals surface area contributed by atoms with Gasteiger partial charge in [0.05, 0.1) is 13.2 Å². The third kappa shape index (κ3) is 7.09. The SMILES string of the molecule is CCCCC(C)Oc1ccc(CCNC(=O)C(O)c2ccc(C)cc2)cc1OC. The first kappa shape index (κ1) is 22.8. The summed E-state index contributed by atoms with van der Waals surface area (Å²) < 4.78 is 11.5. The predicted octanol–water partition coefficient (Wildman–Crippen LogP) is 4.35. The fourth-order valence-electron chi connectivity index (χ4n) is 3.06. The van der Waals surface area contributed by atoms with Crippen molar-refractivity contribution in [3.63, 3.8) is 0 Å². The molecule has 0 fully saturated rings. The molecular weight excluding hydrogens is 366 g/mol. The number of ether oxygens (including phenoxy) is 2. The second-order valence-electron chi connectivity index (χ2n) is 7.41. The van der Waals surface area contributed by atoms with Gasteiger partial charge in [-0.25, -0.2) is 0 Å². The summed E-state index contributed by atoms with van der Waals surface area (Å²) in [7, 11) is 1.63. The van der Waals surface area contributed by atoms with E-state index < -0.39 is 12.0 Å². The van der Waals surface area contributed by atoms with E-state index in [0.717, 1.165) is 36.1 Å². The molecule has 2 aromatic carbocycles. The molecule has 2 unspecified atom stereocenters. The zero-order valence-corrected chi connectivity index (χ0v) is 17.9. The van der Waals surface area contributed by atoms with Crippen molar-refractivity contribution in [2.45, 2.75) is 58.7 Å². The highest BCUT2D eigenvalue weighted by atomic mass is 16.5. The van der Waals surface area contributed by atoms with Crippen LogP contribution in [-0.2, 0) is 11.2 Å². The third-order valence-corrected chi connectivity index (χ3v) is 4.87. The zero-order valence-electron chi connectivity index (χ0n) is 17.9. The van der Waals surface area contributed by atoms with Gasteiger partial charge in [0.1, 0.15) is 0 Å². The molecule has 0 saturated heterocycles. The molecule has 0 aliphatic rings. The van der Waals surface area contributed by atoms with E-state index in [0.29, 0.717) is 24.3 Å². The van der Waals surface area contributed by atoms with Gasteiger partial charge in [-0.2, -0.15) is 0 Å². The monoisotopic (exact) mass is 399 g/mol. The molecule has 1 amide bonds. The van der Waals surface area contributed by atoms with Gasteiger partial charge in [0.15, 0.2) is 17.6 Å². The van der Waals surface area contributed by atoms with Crippen molar-refractivity contribution in [1.29, 1.82) is 0 Å². The summed E-state index contributed by atoms with van der Waals surface area (Å²) in [6.45, 7) is 6.63.